The van der Waals surface area contributed by atoms with Gasteiger partial charge in [0, 0.05) is 5.54 Å². The first-order valence-electron chi connectivity index (χ1n) is 5.07. The van der Waals surface area contributed by atoms with Crippen molar-refractivity contribution in [1.82, 2.24) is 0 Å². The van der Waals surface area contributed by atoms with Gasteiger partial charge in [0.25, 0.3) is 0 Å². The van der Waals surface area contributed by atoms with Crippen LogP contribution in [0.25, 0.3) is 0 Å². The lowest BCUT2D eigenvalue weighted by molar-refractivity contribution is 0.163. The highest BCUT2D eigenvalue weighted by Crippen LogP contribution is 2.43. The van der Waals surface area contributed by atoms with E-state index in [2.05, 4.69) is 13.0 Å². The van der Waals surface area contributed by atoms with Crippen molar-refractivity contribution in [3.63, 3.8) is 0 Å². The smallest absolute Gasteiger partial charge is 0.119 e. The molecule has 2 heteroatoms. The Hall–Kier alpha value is -1.02. The molecule has 2 nitrogen and oxygen atoms in total. The minimum absolute atomic E-state index is 0.103. The second-order valence-corrected chi connectivity index (χ2v) is 4.40. The summed E-state index contributed by atoms with van der Waals surface area (Å²) in [5.74, 6) is 1.65. The maximum atomic E-state index is 6.28. The summed E-state index contributed by atoms with van der Waals surface area (Å²) < 4.78 is 5.19. The van der Waals surface area contributed by atoms with Crippen molar-refractivity contribution in [3.8, 4) is 5.75 Å². The van der Waals surface area contributed by atoms with Gasteiger partial charge >= 0.3 is 0 Å². The second-order valence-electron chi connectivity index (χ2n) is 4.40. The Morgan fingerprint density at radius 3 is 2.71 bits per heavy atom. The Morgan fingerprint density at radius 1 is 1.43 bits per heavy atom. The maximum absolute atomic E-state index is 6.28. The highest BCUT2D eigenvalue weighted by atomic mass is 16.5. The number of rotatable bonds is 2. The molecule has 2 N–H and O–H groups in total. The second kappa shape index (κ2) is 3.28. The minimum Gasteiger partial charge on any atom is -0.497 e. The summed E-state index contributed by atoms with van der Waals surface area (Å²) in [4.78, 5) is 0. The molecule has 0 spiro atoms. The van der Waals surface area contributed by atoms with E-state index in [0.29, 0.717) is 0 Å². The van der Waals surface area contributed by atoms with Crippen molar-refractivity contribution < 1.29 is 4.74 Å². The molecule has 1 aliphatic carbocycles. The SMILES string of the molecule is COc1cccc(C2(N)CC(C)C2)c1. The first kappa shape index (κ1) is 9.53. The monoisotopic (exact) mass is 191 g/mol. The van der Waals surface area contributed by atoms with Crippen LogP contribution < -0.4 is 10.5 Å². The van der Waals surface area contributed by atoms with Gasteiger partial charge in [0.05, 0.1) is 7.11 Å². The third kappa shape index (κ3) is 1.50. The molecule has 1 aromatic carbocycles. The summed E-state index contributed by atoms with van der Waals surface area (Å²) in [7, 11) is 1.69. The largest absolute Gasteiger partial charge is 0.497 e. The summed E-state index contributed by atoms with van der Waals surface area (Å²) >= 11 is 0. The molecule has 0 heterocycles. The van der Waals surface area contributed by atoms with Crippen LogP contribution in [0.1, 0.15) is 25.3 Å². The molecule has 0 radical (unpaired) electrons. The van der Waals surface area contributed by atoms with Crippen molar-refractivity contribution >= 4 is 0 Å². The van der Waals surface area contributed by atoms with Gasteiger partial charge in [-0.1, -0.05) is 19.1 Å². The van der Waals surface area contributed by atoms with Gasteiger partial charge < -0.3 is 10.5 Å². The Kier molecular flexibility index (Phi) is 2.23. The molecule has 0 bridgehead atoms. The van der Waals surface area contributed by atoms with E-state index < -0.39 is 0 Å². The van der Waals surface area contributed by atoms with Gasteiger partial charge in [0.2, 0.25) is 0 Å². The van der Waals surface area contributed by atoms with Crippen LogP contribution in [0.5, 0.6) is 5.75 Å². The van der Waals surface area contributed by atoms with E-state index in [1.54, 1.807) is 7.11 Å². The number of methoxy groups -OCH3 is 1. The standard InChI is InChI=1S/C12H17NO/c1-9-7-12(13,8-9)10-4-3-5-11(6-10)14-2/h3-6,9H,7-8,13H2,1-2H3. The van der Waals surface area contributed by atoms with Crippen molar-refractivity contribution in [2.75, 3.05) is 7.11 Å². The van der Waals surface area contributed by atoms with Crippen LogP contribution in [0.3, 0.4) is 0 Å². The molecule has 0 atom stereocenters. The molecule has 1 aromatic rings. The zero-order chi connectivity index (χ0) is 10.2. The first-order chi connectivity index (χ1) is 6.64. The normalized spacial score (nSPS) is 30.9. The average molecular weight is 191 g/mol. The lowest BCUT2D eigenvalue weighted by Gasteiger charge is -2.44. The van der Waals surface area contributed by atoms with Crippen LogP contribution in [0.2, 0.25) is 0 Å². The molecule has 0 saturated heterocycles. The summed E-state index contributed by atoms with van der Waals surface area (Å²) in [5, 5.41) is 0. The van der Waals surface area contributed by atoms with Crippen molar-refractivity contribution in [3.05, 3.63) is 29.8 Å². The van der Waals surface area contributed by atoms with Gasteiger partial charge in [0.1, 0.15) is 5.75 Å². The Bertz CT molecular complexity index is 329. The number of hydrogen-bond acceptors (Lipinski definition) is 2. The van der Waals surface area contributed by atoms with Gasteiger partial charge in [-0.15, -0.1) is 0 Å². The van der Waals surface area contributed by atoms with E-state index in [1.165, 1.54) is 5.56 Å². The third-order valence-corrected chi connectivity index (χ3v) is 3.07. The van der Waals surface area contributed by atoms with Crippen LogP contribution in [-0.2, 0) is 5.54 Å². The molecule has 0 unspecified atom stereocenters. The molecule has 0 amide bonds. The molecule has 76 valence electrons. The minimum atomic E-state index is -0.103. The van der Waals surface area contributed by atoms with Crippen LogP contribution in [0.4, 0.5) is 0 Å². The molecule has 2 rings (SSSR count). The van der Waals surface area contributed by atoms with Crippen LogP contribution in [0, 0.1) is 5.92 Å². The van der Waals surface area contributed by atoms with E-state index >= 15 is 0 Å². The van der Waals surface area contributed by atoms with Crippen molar-refractivity contribution in [2.45, 2.75) is 25.3 Å². The van der Waals surface area contributed by atoms with Crippen LogP contribution >= 0.6 is 0 Å². The Balaban J connectivity index is 2.24. The number of nitrogens with two attached hydrogens (primary N) is 1. The van der Waals surface area contributed by atoms with Gasteiger partial charge in [-0.3, -0.25) is 0 Å². The molecule has 0 aromatic heterocycles. The molecule has 1 saturated carbocycles. The molecular formula is C12H17NO. The van der Waals surface area contributed by atoms with Gasteiger partial charge in [-0.05, 0) is 36.5 Å². The molecule has 0 aliphatic heterocycles. The number of hydrogen-bond donors (Lipinski definition) is 1. The first-order valence-corrected chi connectivity index (χ1v) is 5.07. The lowest BCUT2D eigenvalue weighted by atomic mass is 9.66. The van der Waals surface area contributed by atoms with E-state index in [1.807, 2.05) is 18.2 Å². The Morgan fingerprint density at radius 2 is 2.14 bits per heavy atom. The predicted octanol–water partition coefficient (Wildman–Crippen LogP) is 2.28. The third-order valence-electron chi connectivity index (χ3n) is 3.07. The van der Waals surface area contributed by atoms with E-state index in [-0.39, 0.29) is 5.54 Å². The van der Waals surface area contributed by atoms with Gasteiger partial charge in [0.15, 0.2) is 0 Å². The summed E-state index contributed by atoms with van der Waals surface area (Å²) in [5.41, 5.74) is 7.38. The van der Waals surface area contributed by atoms with Gasteiger partial charge in [-0.2, -0.15) is 0 Å². The van der Waals surface area contributed by atoms with Crippen LogP contribution in [-0.4, -0.2) is 7.11 Å². The molecule has 1 fully saturated rings. The zero-order valence-corrected chi connectivity index (χ0v) is 8.79. The fourth-order valence-electron chi connectivity index (χ4n) is 2.35. The zero-order valence-electron chi connectivity index (χ0n) is 8.79. The maximum Gasteiger partial charge on any atom is 0.119 e. The summed E-state index contributed by atoms with van der Waals surface area (Å²) in [6.45, 7) is 2.24. The highest BCUT2D eigenvalue weighted by Gasteiger charge is 2.39. The highest BCUT2D eigenvalue weighted by molar-refractivity contribution is 5.34. The molecule has 1 aliphatic rings. The summed E-state index contributed by atoms with van der Waals surface area (Å²) in [6.07, 6.45) is 2.17. The summed E-state index contributed by atoms with van der Waals surface area (Å²) in [6, 6.07) is 8.10. The van der Waals surface area contributed by atoms with Gasteiger partial charge in [-0.25, -0.2) is 0 Å². The quantitative estimate of drug-likeness (QED) is 0.778. The van der Waals surface area contributed by atoms with Crippen molar-refractivity contribution in [2.24, 2.45) is 11.7 Å². The lowest BCUT2D eigenvalue weighted by Crippen LogP contribution is -2.47. The topological polar surface area (TPSA) is 35.2 Å². The Labute approximate surface area is 85.1 Å². The molecule has 14 heavy (non-hydrogen) atoms. The predicted molar refractivity (Wildman–Crippen MR) is 57.3 cm³/mol. The fourth-order valence-corrected chi connectivity index (χ4v) is 2.35. The van der Waals surface area contributed by atoms with E-state index in [9.17, 15) is 0 Å². The van der Waals surface area contributed by atoms with Crippen LogP contribution in [0.15, 0.2) is 24.3 Å². The van der Waals surface area contributed by atoms with E-state index in [0.717, 1.165) is 24.5 Å². The average Bonchev–Trinajstić information content (AvgIpc) is 2.16. The van der Waals surface area contributed by atoms with E-state index in [4.69, 9.17) is 10.5 Å². The van der Waals surface area contributed by atoms with Crippen molar-refractivity contribution in [1.29, 1.82) is 0 Å². The number of benzene rings is 1. The fraction of sp³-hybridized carbons (Fsp3) is 0.500. The molecular weight excluding hydrogens is 174 g/mol. The number of ether oxygens (including phenoxy) is 1.